The summed E-state index contributed by atoms with van der Waals surface area (Å²) in [6.45, 7) is 0. The van der Waals surface area contributed by atoms with E-state index in [9.17, 15) is 4.79 Å². The van der Waals surface area contributed by atoms with E-state index in [0.29, 0.717) is 5.56 Å². The molecule has 0 saturated carbocycles. The Morgan fingerprint density at radius 1 is 1.33 bits per heavy atom. The molecule has 0 saturated heterocycles. The fraction of sp³-hybridized carbons (Fsp3) is 0. The van der Waals surface area contributed by atoms with Crippen molar-refractivity contribution >= 4 is 14.2 Å². The maximum atomic E-state index is 10.8. The van der Waals surface area contributed by atoms with Crippen LogP contribution in [0.5, 0.6) is 0 Å². The number of azide groups is 1. The largest absolute Gasteiger partial charge is 0.326 e. The summed E-state index contributed by atoms with van der Waals surface area (Å²) >= 11 is 0. The molecule has 7 nitrogen and oxygen atoms in total. The van der Waals surface area contributed by atoms with E-state index in [4.69, 9.17) is 19.9 Å². The highest BCUT2D eigenvalue weighted by atomic mass is 31.1. The number of rotatable bonds is 1. The van der Waals surface area contributed by atoms with Crippen LogP contribution in [0, 0.1) is 0 Å². The third kappa shape index (κ3) is 7.42. The van der Waals surface area contributed by atoms with Crippen LogP contribution in [0.3, 0.4) is 0 Å². The highest BCUT2D eigenvalue weighted by molar-refractivity contribution is 7.30. The molecule has 15 heavy (non-hydrogen) atoms. The topological polar surface area (TPSA) is 123 Å². The molecule has 1 aromatic rings. The van der Waals surface area contributed by atoms with Gasteiger partial charge in [0.25, 0.3) is 0 Å². The summed E-state index contributed by atoms with van der Waals surface area (Å²) in [6.07, 6.45) is 0. The van der Waals surface area contributed by atoms with Crippen LogP contribution >= 0.6 is 8.25 Å². The van der Waals surface area contributed by atoms with E-state index in [1.165, 1.54) is 0 Å². The summed E-state index contributed by atoms with van der Waals surface area (Å²) in [5, 5.41) is 2.94. The second-order valence-corrected chi connectivity index (χ2v) is 2.71. The summed E-state index contributed by atoms with van der Waals surface area (Å²) in [5.74, 6) is -0.548. The van der Waals surface area contributed by atoms with Crippen molar-refractivity contribution in [2.45, 2.75) is 0 Å². The van der Waals surface area contributed by atoms with Crippen molar-refractivity contribution in [3.05, 3.63) is 46.3 Å². The molecule has 0 fully saturated rings. The summed E-state index contributed by atoms with van der Waals surface area (Å²) in [6, 6.07) is 8.39. The molecule has 8 heteroatoms. The molecule has 0 bridgehead atoms. The fourth-order valence-electron chi connectivity index (χ4n) is 0.679. The minimum Gasteiger partial charge on any atom is -0.326 e. The van der Waals surface area contributed by atoms with Crippen molar-refractivity contribution in [2.24, 2.45) is 5.11 Å². The van der Waals surface area contributed by atoms with Crippen molar-refractivity contribution in [3.63, 3.8) is 0 Å². The molecule has 0 aliphatic rings. The standard InChI is InChI=1S/C7H5N3O.H3O3P/c8-10-9-7(11)6-4-2-1-3-5-6;1-4(2)3/h1-5H;4H,(H2,1,2,3). The Labute approximate surface area is 85.6 Å². The first-order valence-electron chi connectivity index (χ1n) is 3.64. The van der Waals surface area contributed by atoms with Gasteiger partial charge in [-0.3, -0.25) is 9.36 Å². The van der Waals surface area contributed by atoms with Crippen LogP contribution in [0.1, 0.15) is 10.4 Å². The predicted octanol–water partition coefficient (Wildman–Crippen LogP) is 1.50. The van der Waals surface area contributed by atoms with Crippen LogP contribution in [0.2, 0.25) is 0 Å². The molecule has 1 amide bonds. The minimum absolute atomic E-state index is 0.408. The number of hydrogen-bond acceptors (Lipinski definition) is 2. The molecule has 0 radical (unpaired) electrons. The first-order chi connectivity index (χ1) is 7.07. The monoisotopic (exact) mass is 229 g/mol. The Bertz CT molecular complexity index is 384. The molecule has 0 atom stereocenters. The van der Waals surface area contributed by atoms with E-state index in [1.807, 2.05) is 0 Å². The molecule has 0 aliphatic heterocycles. The van der Waals surface area contributed by atoms with Crippen LogP contribution in [-0.2, 0) is 4.57 Å². The van der Waals surface area contributed by atoms with E-state index in [0.717, 1.165) is 0 Å². The maximum Gasteiger partial charge on any atom is 0.314 e. The molecular weight excluding hydrogens is 221 g/mol. The van der Waals surface area contributed by atoms with E-state index in [-0.39, 0.29) is 0 Å². The molecule has 80 valence electrons. The lowest BCUT2D eigenvalue weighted by atomic mass is 10.2. The van der Waals surface area contributed by atoms with Gasteiger partial charge in [-0.2, -0.15) is 0 Å². The molecule has 0 aliphatic carbocycles. The van der Waals surface area contributed by atoms with Crippen LogP contribution in [0.25, 0.3) is 10.4 Å². The zero-order chi connectivity index (χ0) is 11.7. The Morgan fingerprint density at radius 3 is 2.20 bits per heavy atom. The lowest BCUT2D eigenvalue weighted by molar-refractivity contribution is 0.100. The summed E-state index contributed by atoms with van der Waals surface area (Å²) in [7, 11) is -3.13. The molecule has 0 unspecified atom stereocenters. The van der Waals surface area contributed by atoms with Gasteiger partial charge in [0, 0.05) is 10.5 Å². The second-order valence-electron chi connectivity index (χ2n) is 2.14. The molecule has 1 rings (SSSR count). The van der Waals surface area contributed by atoms with Gasteiger partial charge in [0.2, 0.25) is 5.91 Å². The van der Waals surface area contributed by atoms with Gasteiger partial charge in [0.05, 0.1) is 0 Å². The van der Waals surface area contributed by atoms with Crippen molar-refractivity contribution in [2.75, 3.05) is 0 Å². The van der Waals surface area contributed by atoms with Crippen LogP contribution in [-0.4, -0.2) is 15.7 Å². The fourth-order valence-corrected chi connectivity index (χ4v) is 0.679. The molecule has 2 N–H and O–H groups in total. The van der Waals surface area contributed by atoms with E-state index < -0.39 is 14.2 Å². The first-order valence-corrected chi connectivity index (χ1v) is 4.94. The number of hydrogen-bond donors (Lipinski definition) is 2. The van der Waals surface area contributed by atoms with Crippen LogP contribution in [0.4, 0.5) is 0 Å². The predicted molar refractivity (Wildman–Crippen MR) is 53.4 cm³/mol. The van der Waals surface area contributed by atoms with Gasteiger partial charge in [-0.05, 0) is 10.6 Å². The number of carbonyl (C=O) groups excluding carboxylic acids is 1. The van der Waals surface area contributed by atoms with Gasteiger partial charge < -0.3 is 9.79 Å². The quantitative estimate of drug-likeness (QED) is 0.327. The molecule has 0 spiro atoms. The number of benzene rings is 1. The van der Waals surface area contributed by atoms with Crippen LogP contribution in [0.15, 0.2) is 35.4 Å². The van der Waals surface area contributed by atoms with Crippen molar-refractivity contribution in [1.82, 2.24) is 0 Å². The lowest BCUT2D eigenvalue weighted by Gasteiger charge is -1.89. The summed E-state index contributed by atoms with van der Waals surface area (Å²) in [4.78, 5) is 27.5. The number of carbonyl (C=O) groups is 1. The SMILES string of the molecule is O=[PH](O)O.[N-]=[N+]=NC(=O)c1ccccc1. The maximum absolute atomic E-state index is 10.8. The Hall–Kier alpha value is -1.65. The Balaban J connectivity index is 0.000000423. The van der Waals surface area contributed by atoms with Gasteiger partial charge in [-0.25, -0.2) is 0 Å². The number of amides is 1. The van der Waals surface area contributed by atoms with Gasteiger partial charge >= 0.3 is 8.25 Å². The minimum atomic E-state index is -3.13. The van der Waals surface area contributed by atoms with Crippen molar-refractivity contribution in [3.8, 4) is 0 Å². The van der Waals surface area contributed by atoms with E-state index in [2.05, 4.69) is 10.0 Å². The molecular formula is C7H8N3O4P. The highest BCUT2D eigenvalue weighted by Crippen LogP contribution is 2.00. The molecule has 0 heterocycles. The second kappa shape index (κ2) is 7.73. The lowest BCUT2D eigenvalue weighted by Crippen LogP contribution is -1.90. The van der Waals surface area contributed by atoms with Gasteiger partial charge in [0.15, 0.2) is 0 Å². The van der Waals surface area contributed by atoms with E-state index >= 15 is 0 Å². The third-order valence-corrected chi connectivity index (χ3v) is 1.16. The first kappa shape index (κ1) is 13.4. The van der Waals surface area contributed by atoms with Crippen molar-refractivity contribution in [1.29, 1.82) is 0 Å². The summed E-state index contributed by atoms with van der Waals surface area (Å²) in [5.41, 5.74) is 8.34. The average molecular weight is 229 g/mol. The number of nitrogens with zero attached hydrogens (tertiary/aromatic N) is 3. The Morgan fingerprint density at radius 2 is 1.80 bits per heavy atom. The third-order valence-electron chi connectivity index (χ3n) is 1.16. The normalized spacial score (nSPS) is 8.47. The van der Waals surface area contributed by atoms with Gasteiger partial charge in [0.1, 0.15) is 0 Å². The van der Waals surface area contributed by atoms with Gasteiger partial charge in [-0.15, -0.1) is 0 Å². The molecule has 0 aromatic heterocycles. The van der Waals surface area contributed by atoms with Crippen LogP contribution < -0.4 is 0 Å². The van der Waals surface area contributed by atoms with E-state index in [1.54, 1.807) is 30.3 Å². The zero-order valence-electron chi connectivity index (χ0n) is 7.44. The average Bonchev–Trinajstić information content (AvgIpc) is 2.19. The highest BCUT2D eigenvalue weighted by Gasteiger charge is 1.98. The summed E-state index contributed by atoms with van der Waals surface area (Å²) < 4.78 is 8.74. The zero-order valence-corrected chi connectivity index (χ0v) is 8.44. The molecule has 1 aromatic carbocycles. The smallest absolute Gasteiger partial charge is 0.314 e. The Kier molecular flexibility index (Phi) is 6.88. The van der Waals surface area contributed by atoms with Crippen molar-refractivity contribution < 1.29 is 19.1 Å². The van der Waals surface area contributed by atoms with Gasteiger partial charge in [-0.1, -0.05) is 30.3 Å².